The largest absolute Gasteiger partial charge is 0.384 e. The quantitative estimate of drug-likeness (QED) is 0.593. The number of benzene rings is 2. The van der Waals surface area contributed by atoms with Gasteiger partial charge in [0.2, 0.25) is 6.08 Å². The molecule has 2 rings (SSSR count). The maximum Gasteiger partial charge on any atom is 0.240 e. The second kappa shape index (κ2) is 7.53. The van der Waals surface area contributed by atoms with Crippen molar-refractivity contribution >= 4 is 11.8 Å². The normalized spacial score (nSPS) is 11.7. The van der Waals surface area contributed by atoms with Gasteiger partial charge in [0.05, 0.1) is 12.3 Å². The summed E-state index contributed by atoms with van der Waals surface area (Å²) in [6.45, 7) is 2.89. The summed E-state index contributed by atoms with van der Waals surface area (Å²) in [6.07, 6.45) is 2.41. The van der Waals surface area contributed by atoms with E-state index in [1.807, 2.05) is 24.3 Å². The zero-order valence-electron chi connectivity index (χ0n) is 12.4. The van der Waals surface area contributed by atoms with Crippen molar-refractivity contribution in [2.75, 3.05) is 13.7 Å². The molecule has 0 saturated carbocycles. The molecule has 0 N–H and O–H groups in total. The van der Waals surface area contributed by atoms with E-state index in [0.29, 0.717) is 11.6 Å². The minimum Gasteiger partial charge on any atom is -0.384 e. The van der Waals surface area contributed by atoms with Crippen LogP contribution in [-0.4, -0.2) is 19.8 Å². The van der Waals surface area contributed by atoms with Crippen LogP contribution in [0.25, 0.3) is 0 Å². The van der Waals surface area contributed by atoms with Gasteiger partial charge in [-0.1, -0.05) is 43.3 Å². The lowest BCUT2D eigenvalue weighted by molar-refractivity contribution is 0.184. The molecule has 3 nitrogen and oxygen atoms in total. The minimum absolute atomic E-state index is 0.407. The zero-order chi connectivity index (χ0) is 15.1. The topological polar surface area (TPSA) is 38.7 Å². The molecule has 2 aromatic carbocycles. The van der Waals surface area contributed by atoms with Crippen molar-refractivity contribution in [2.45, 2.75) is 19.3 Å². The average molecular weight is 281 g/mol. The molecule has 0 aliphatic rings. The van der Waals surface area contributed by atoms with E-state index in [0.717, 1.165) is 13.0 Å². The Morgan fingerprint density at radius 2 is 1.62 bits per heavy atom. The summed E-state index contributed by atoms with van der Waals surface area (Å²) in [5.41, 5.74) is 4.38. The van der Waals surface area contributed by atoms with E-state index in [1.54, 1.807) is 13.2 Å². The Bertz CT molecular complexity index is 611. The van der Waals surface area contributed by atoms with Gasteiger partial charge in [0.1, 0.15) is 0 Å². The molecule has 0 radical (unpaired) electrons. The molecule has 0 aliphatic heterocycles. The average Bonchev–Trinajstić information content (AvgIpc) is 2.50. The van der Waals surface area contributed by atoms with Crippen molar-refractivity contribution in [3.63, 3.8) is 0 Å². The maximum absolute atomic E-state index is 10.2. The first-order valence-corrected chi connectivity index (χ1v) is 6.97. The predicted octanol–water partition coefficient (Wildman–Crippen LogP) is 3.99. The number of nitrogens with zero attached hydrogens (tertiary/aromatic N) is 1. The molecule has 2 aromatic rings. The molecule has 1 atom stereocenters. The fourth-order valence-corrected chi connectivity index (χ4v) is 2.29. The molecular formula is C18H19NO2. The Morgan fingerprint density at radius 1 is 1.05 bits per heavy atom. The highest BCUT2D eigenvalue weighted by atomic mass is 16.5. The van der Waals surface area contributed by atoms with E-state index >= 15 is 0 Å². The van der Waals surface area contributed by atoms with Gasteiger partial charge >= 0.3 is 0 Å². The predicted molar refractivity (Wildman–Crippen MR) is 83.8 cm³/mol. The second-order valence-electron chi connectivity index (χ2n) is 5.14. The number of hydrogen-bond acceptors (Lipinski definition) is 3. The van der Waals surface area contributed by atoms with Crippen molar-refractivity contribution in [1.82, 2.24) is 0 Å². The van der Waals surface area contributed by atoms with Crippen LogP contribution in [0.2, 0.25) is 0 Å². The lowest BCUT2D eigenvalue weighted by Gasteiger charge is -2.11. The van der Waals surface area contributed by atoms with Crippen LogP contribution < -0.4 is 0 Å². The fourth-order valence-electron chi connectivity index (χ4n) is 2.29. The van der Waals surface area contributed by atoms with E-state index in [1.165, 1.54) is 16.7 Å². The van der Waals surface area contributed by atoms with Crippen molar-refractivity contribution < 1.29 is 9.53 Å². The van der Waals surface area contributed by atoms with E-state index in [2.05, 4.69) is 36.2 Å². The summed E-state index contributed by atoms with van der Waals surface area (Å²) in [7, 11) is 1.73. The molecule has 3 heteroatoms. The fraction of sp³-hybridized carbons (Fsp3) is 0.278. The highest BCUT2D eigenvalue weighted by Crippen LogP contribution is 2.19. The number of isocyanates is 1. The molecular weight excluding hydrogens is 262 g/mol. The summed E-state index contributed by atoms with van der Waals surface area (Å²) >= 11 is 0. The zero-order valence-corrected chi connectivity index (χ0v) is 12.4. The smallest absolute Gasteiger partial charge is 0.240 e. The van der Waals surface area contributed by atoms with Crippen molar-refractivity contribution in [3.05, 3.63) is 65.2 Å². The summed E-state index contributed by atoms with van der Waals surface area (Å²) in [6, 6.07) is 16.2. The third kappa shape index (κ3) is 4.38. The molecule has 108 valence electrons. The van der Waals surface area contributed by atoms with Gasteiger partial charge in [-0.25, -0.2) is 4.79 Å². The van der Waals surface area contributed by atoms with Crippen LogP contribution in [0, 0.1) is 0 Å². The molecule has 0 saturated heterocycles. The van der Waals surface area contributed by atoms with Crippen molar-refractivity contribution in [3.8, 4) is 0 Å². The van der Waals surface area contributed by atoms with Crippen LogP contribution in [0.15, 0.2) is 53.5 Å². The lowest BCUT2D eigenvalue weighted by atomic mass is 9.98. The maximum atomic E-state index is 10.2. The first-order valence-electron chi connectivity index (χ1n) is 6.97. The van der Waals surface area contributed by atoms with Crippen molar-refractivity contribution in [1.29, 1.82) is 0 Å². The molecule has 0 bridgehead atoms. The summed E-state index contributed by atoms with van der Waals surface area (Å²) < 4.78 is 5.18. The van der Waals surface area contributed by atoms with Gasteiger partial charge in [-0.15, -0.1) is 0 Å². The molecule has 0 aromatic heterocycles. The summed E-state index contributed by atoms with van der Waals surface area (Å²) in [4.78, 5) is 13.8. The van der Waals surface area contributed by atoms with E-state index in [4.69, 9.17) is 4.74 Å². The standard InChI is InChI=1S/C18H19NO2/c1-14(12-21-2)17-7-3-15(4-8-17)11-16-5-9-18(10-6-16)19-13-20/h3-10,14H,11-12H2,1-2H3. The first kappa shape index (κ1) is 15.2. The Hall–Kier alpha value is -2.22. The van der Waals surface area contributed by atoms with Crippen molar-refractivity contribution in [2.24, 2.45) is 4.99 Å². The van der Waals surface area contributed by atoms with E-state index in [9.17, 15) is 4.79 Å². The van der Waals surface area contributed by atoms with Gasteiger partial charge in [-0.2, -0.15) is 4.99 Å². The molecule has 1 unspecified atom stereocenters. The van der Waals surface area contributed by atoms with Gasteiger partial charge in [-0.3, -0.25) is 0 Å². The molecule has 0 aliphatic carbocycles. The Kier molecular flexibility index (Phi) is 5.44. The molecule has 0 spiro atoms. The Labute approximate surface area is 125 Å². The molecule has 21 heavy (non-hydrogen) atoms. The number of methoxy groups -OCH3 is 1. The Morgan fingerprint density at radius 3 is 2.14 bits per heavy atom. The SMILES string of the molecule is COCC(C)c1ccc(Cc2ccc(N=C=O)cc2)cc1. The first-order chi connectivity index (χ1) is 10.2. The van der Waals surface area contributed by atoms with Crippen LogP contribution in [-0.2, 0) is 16.0 Å². The number of ether oxygens (including phenoxy) is 1. The number of carbonyl (C=O) groups excluding carboxylic acids is 1. The highest BCUT2D eigenvalue weighted by molar-refractivity contribution is 5.49. The van der Waals surface area contributed by atoms with Gasteiger partial charge in [0.15, 0.2) is 0 Å². The van der Waals surface area contributed by atoms with E-state index in [-0.39, 0.29) is 0 Å². The molecule has 0 amide bonds. The number of rotatable bonds is 6. The second-order valence-corrected chi connectivity index (χ2v) is 5.14. The minimum atomic E-state index is 0.407. The van der Waals surface area contributed by atoms with Crippen LogP contribution in [0.3, 0.4) is 0 Å². The van der Waals surface area contributed by atoms with Gasteiger partial charge in [-0.05, 0) is 35.2 Å². The van der Waals surface area contributed by atoms with Crippen LogP contribution in [0.5, 0.6) is 0 Å². The van der Waals surface area contributed by atoms with Gasteiger partial charge in [0, 0.05) is 13.0 Å². The van der Waals surface area contributed by atoms with Gasteiger partial charge < -0.3 is 4.74 Å². The van der Waals surface area contributed by atoms with Crippen LogP contribution in [0.1, 0.15) is 29.5 Å². The summed E-state index contributed by atoms with van der Waals surface area (Å²) in [5.74, 6) is 0.407. The number of aliphatic imine (C=N–C) groups is 1. The highest BCUT2D eigenvalue weighted by Gasteiger charge is 2.05. The monoisotopic (exact) mass is 281 g/mol. The lowest BCUT2D eigenvalue weighted by Crippen LogP contribution is -2.01. The molecule has 0 heterocycles. The van der Waals surface area contributed by atoms with Gasteiger partial charge in [0.25, 0.3) is 0 Å². The molecule has 0 fully saturated rings. The summed E-state index contributed by atoms with van der Waals surface area (Å²) in [5, 5.41) is 0. The van der Waals surface area contributed by atoms with E-state index < -0.39 is 0 Å². The third-order valence-corrected chi connectivity index (χ3v) is 3.48. The number of hydrogen-bond donors (Lipinski definition) is 0. The third-order valence-electron chi connectivity index (χ3n) is 3.48. The Balaban J connectivity index is 2.04. The van der Waals surface area contributed by atoms with Crippen LogP contribution >= 0.6 is 0 Å². The van der Waals surface area contributed by atoms with Crippen LogP contribution in [0.4, 0.5) is 5.69 Å².